The normalized spacial score (nSPS) is 10.1. The van der Waals surface area contributed by atoms with Gasteiger partial charge in [0.05, 0.1) is 0 Å². The molecule has 0 spiro atoms. The summed E-state index contributed by atoms with van der Waals surface area (Å²) in [6, 6.07) is 33.2. The number of pyridine rings is 3. The van der Waals surface area contributed by atoms with E-state index in [1.807, 2.05) is 85.2 Å². The molecule has 0 radical (unpaired) electrons. The summed E-state index contributed by atoms with van der Waals surface area (Å²) in [5, 5.41) is 12.9. The Bertz CT molecular complexity index is 2610. The molecule has 0 aliphatic heterocycles. The number of rotatable bonds is 0. The molecule has 9 nitrogen and oxygen atoms in total. The minimum absolute atomic E-state index is 0.284. The van der Waals surface area contributed by atoms with Crippen LogP contribution in [0.4, 0.5) is 4.39 Å². The van der Waals surface area contributed by atoms with Gasteiger partial charge in [-0.3, -0.25) is 0 Å². The SMILES string of the molecule is Cc1cccc(C#Cc2ccc3ncnn3c2)c1.Clc1cccc(C#Cc2ccc3ncnn3c2)c1.Fc1cccc(C#Cc2ccc3ncnn3c2)c1. The molecular weight excluding hydrogens is 697 g/mol. The van der Waals surface area contributed by atoms with Crippen LogP contribution in [0.1, 0.15) is 38.9 Å². The van der Waals surface area contributed by atoms with Crippen molar-refractivity contribution in [3.8, 4) is 35.5 Å². The summed E-state index contributed by atoms with van der Waals surface area (Å²) in [6.07, 6.45) is 10.1. The van der Waals surface area contributed by atoms with E-state index in [9.17, 15) is 4.39 Å². The highest BCUT2D eigenvalue weighted by molar-refractivity contribution is 6.30. The van der Waals surface area contributed by atoms with E-state index in [0.717, 1.165) is 44.8 Å². The van der Waals surface area contributed by atoms with Gasteiger partial charge in [0.15, 0.2) is 16.9 Å². The van der Waals surface area contributed by atoms with Crippen LogP contribution in [0.2, 0.25) is 5.02 Å². The average molecular weight is 724 g/mol. The third kappa shape index (κ3) is 9.39. The quantitative estimate of drug-likeness (QED) is 0.151. The number of halogens is 2. The lowest BCUT2D eigenvalue weighted by Gasteiger charge is -1.94. The Kier molecular flexibility index (Phi) is 10.7. The largest absolute Gasteiger partial charge is 0.220 e. The van der Waals surface area contributed by atoms with Gasteiger partial charge in [-0.2, -0.15) is 15.3 Å². The first-order chi connectivity index (χ1) is 26.4. The molecule has 0 fully saturated rings. The van der Waals surface area contributed by atoms with Gasteiger partial charge in [0, 0.05) is 57.0 Å². The van der Waals surface area contributed by atoms with Crippen molar-refractivity contribution < 1.29 is 4.39 Å². The Morgan fingerprint density at radius 1 is 0.463 bits per heavy atom. The molecule has 11 heteroatoms. The minimum atomic E-state index is -0.284. The fourth-order valence-corrected chi connectivity index (χ4v) is 5.15. The highest BCUT2D eigenvalue weighted by Crippen LogP contribution is 2.10. The molecule has 258 valence electrons. The Morgan fingerprint density at radius 2 is 0.870 bits per heavy atom. The van der Waals surface area contributed by atoms with Crippen molar-refractivity contribution in [1.82, 2.24) is 43.8 Å². The number of hydrogen-bond donors (Lipinski definition) is 0. The van der Waals surface area contributed by atoms with E-state index in [-0.39, 0.29) is 5.82 Å². The van der Waals surface area contributed by atoms with Crippen molar-refractivity contribution in [2.75, 3.05) is 0 Å². The van der Waals surface area contributed by atoms with Crippen LogP contribution in [0.5, 0.6) is 0 Å². The first-order valence-electron chi connectivity index (χ1n) is 16.5. The maximum atomic E-state index is 13.0. The zero-order valence-electron chi connectivity index (χ0n) is 28.6. The molecule has 54 heavy (non-hydrogen) atoms. The van der Waals surface area contributed by atoms with Crippen molar-refractivity contribution >= 4 is 28.5 Å². The van der Waals surface area contributed by atoms with Crippen LogP contribution < -0.4 is 0 Å². The average Bonchev–Trinajstić information content (AvgIpc) is 3.97. The minimum Gasteiger partial charge on any atom is -0.220 e. The van der Waals surface area contributed by atoms with E-state index in [4.69, 9.17) is 11.6 Å². The first-order valence-corrected chi connectivity index (χ1v) is 16.8. The number of nitrogens with zero attached hydrogens (tertiary/aromatic N) is 9. The maximum absolute atomic E-state index is 13.0. The molecule has 0 bridgehead atoms. The molecule has 9 rings (SSSR count). The topological polar surface area (TPSA) is 90.6 Å². The van der Waals surface area contributed by atoms with Crippen LogP contribution in [-0.4, -0.2) is 43.8 Å². The first kappa shape index (κ1) is 34.9. The molecule has 0 saturated carbocycles. The summed E-state index contributed by atoms with van der Waals surface area (Å²) in [5.74, 6) is 18.0. The standard InChI is InChI=1S/C15H11N3.C14H8ClN3.C14H8FN3/c1-12-3-2-4-13(9-12)5-6-14-7-8-15-16-11-17-18(15)10-14;2*15-13-3-1-2-11(8-13)4-5-12-6-7-14-16-10-17-18(14)9-12/h2-4,7-11H,1H3;2*1-3,6-10H. The predicted octanol–water partition coefficient (Wildman–Crippen LogP) is 7.49. The van der Waals surface area contributed by atoms with Crippen LogP contribution in [-0.2, 0) is 0 Å². The zero-order chi connectivity index (χ0) is 37.1. The Morgan fingerprint density at radius 3 is 1.31 bits per heavy atom. The van der Waals surface area contributed by atoms with Crippen molar-refractivity contribution in [3.63, 3.8) is 0 Å². The van der Waals surface area contributed by atoms with Crippen LogP contribution >= 0.6 is 11.6 Å². The van der Waals surface area contributed by atoms with E-state index in [1.54, 1.807) is 31.9 Å². The van der Waals surface area contributed by atoms with E-state index in [1.165, 1.54) is 36.7 Å². The molecule has 3 aromatic carbocycles. The van der Waals surface area contributed by atoms with Gasteiger partial charge in [-0.15, -0.1) is 0 Å². The maximum Gasteiger partial charge on any atom is 0.155 e. The molecular formula is C43H27ClFN9. The van der Waals surface area contributed by atoms with Gasteiger partial charge >= 0.3 is 0 Å². The number of benzene rings is 3. The van der Waals surface area contributed by atoms with Gasteiger partial charge in [0.2, 0.25) is 0 Å². The summed E-state index contributed by atoms with van der Waals surface area (Å²) >= 11 is 5.90. The molecule has 9 aromatic rings. The van der Waals surface area contributed by atoms with Crippen molar-refractivity contribution in [3.05, 3.63) is 197 Å². The Hall–Kier alpha value is -7.58. The third-order valence-corrected chi connectivity index (χ3v) is 7.78. The summed E-state index contributed by atoms with van der Waals surface area (Å²) in [6.45, 7) is 2.06. The summed E-state index contributed by atoms with van der Waals surface area (Å²) in [7, 11) is 0. The van der Waals surface area contributed by atoms with Crippen LogP contribution in [0, 0.1) is 48.3 Å². The molecule has 6 heterocycles. The second-order valence-corrected chi connectivity index (χ2v) is 12.0. The number of fused-ring (bicyclic) bond motifs is 3. The monoisotopic (exact) mass is 723 g/mol. The van der Waals surface area contributed by atoms with Gasteiger partial charge in [0.1, 0.15) is 24.8 Å². The van der Waals surface area contributed by atoms with Crippen LogP contribution in [0.25, 0.3) is 16.9 Å². The summed E-state index contributed by atoms with van der Waals surface area (Å²) in [5.41, 5.74) is 8.79. The van der Waals surface area contributed by atoms with Gasteiger partial charge in [-0.05, 0) is 97.4 Å². The van der Waals surface area contributed by atoms with Gasteiger partial charge < -0.3 is 0 Å². The van der Waals surface area contributed by atoms with Crippen molar-refractivity contribution in [1.29, 1.82) is 0 Å². The lowest BCUT2D eigenvalue weighted by Crippen LogP contribution is -1.88. The van der Waals surface area contributed by atoms with Crippen LogP contribution in [0.15, 0.2) is 147 Å². The molecule has 0 atom stereocenters. The molecule has 0 saturated heterocycles. The Balaban J connectivity index is 0.000000125. The molecule has 0 aliphatic rings. The highest BCUT2D eigenvalue weighted by atomic mass is 35.5. The molecule has 6 aromatic heterocycles. The van der Waals surface area contributed by atoms with Gasteiger partial charge in [0.25, 0.3) is 0 Å². The number of hydrogen-bond acceptors (Lipinski definition) is 6. The predicted molar refractivity (Wildman–Crippen MR) is 206 cm³/mol. The lowest BCUT2D eigenvalue weighted by molar-refractivity contribution is 0.627. The van der Waals surface area contributed by atoms with Crippen molar-refractivity contribution in [2.45, 2.75) is 6.92 Å². The second-order valence-electron chi connectivity index (χ2n) is 11.6. The third-order valence-electron chi connectivity index (χ3n) is 7.54. The fraction of sp³-hybridized carbons (Fsp3) is 0.0233. The smallest absolute Gasteiger partial charge is 0.155 e. The highest BCUT2D eigenvalue weighted by Gasteiger charge is 1.98. The van der Waals surface area contributed by atoms with E-state index in [2.05, 4.69) is 84.8 Å². The van der Waals surface area contributed by atoms with Crippen LogP contribution in [0.3, 0.4) is 0 Å². The molecule has 0 aliphatic carbocycles. The van der Waals surface area contributed by atoms with Crippen molar-refractivity contribution in [2.24, 2.45) is 0 Å². The summed E-state index contributed by atoms with van der Waals surface area (Å²) in [4.78, 5) is 12.2. The molecule has 0 amide bonds. The van der Waals surface area contributed by atoms with E-state index in [0.29, 0.717) is 10.6 Å². The van der Waals surface area contributed by atoms with E-state index < -0.39 is 0 Å². The van der Waals surface area contributed by atoms with E-state index >= 15 is 0 Å². The number of aryl methyl sites for hydroxylation is 1. The molecule has 0 unspecified atom stereocenters. The Labute approximate surface area is 314 Å². The number of aromatic nitrogens is 9. The fourth-order valence-electron chi connectivity index (χ4n) is 4.96. The van der Waals surface area contributed by atoms with Gasteiger partial charge in [-0.1, -0.05) is 71.4 Å². The zero-order valence-corrected chi connectivity index (χ0v) is 29.4. The second kappa shape index (κ2) is 16.6. The lowest BCUT2D eigenvalue weighted by atomic mass is 10.1. The van der Waals surface area contributed by atoms with Gasteiger partial charge in [-0.25, -0.2) is 32.9 Å². The summed E-state index contributed by atoms with van der Waals surface area (Å²) < 4.78 is 18.0. The molecule has 0 N–H and O–H groups in total.